The van der Waals surface area contributed by atoms with E-state index in [1.54, 1.807) is 11.8 Å². The van der Waals surface area contributed by atoms with Crippen molar-refractivity contribution >= 4 is 29.3 Å². The smallest absolute Gasteiger partial charge is 0.321 e. The van der Waals surface area contributed by atoms with Gasteiger partial charge in [0.2, 0.25) is 0 Å². The lowest BCUT2D eigenvalue weighted by atomic mass is 9.98. The fraction of sp³-hybridized carbons (Fsp3) is 0.579. The molecule has 0 saturated carbocycles. The molecule has 5 nitrogen and oxygen atoms in total. The van der Waals surface area contributed by atoms with Crippen molar-refractivity contribution in [2.45, 2.75) is 46.5 Å². The third kappa shape index (κ3) is 4.66. The van der Waals surface area contributed by atoms with E-state index in [2.05, 4.69) is 12.2 Å². The number of benzene rings is 1. The predicted molar refractivity (Wildman–Crippen MR) is 100 cm³/mol. The molecule has 138 valence electrons. The minimum Gasteiger partial charge on any atom is -0.466 e. The van der Waals surface area contributed by atoms with Crippen LogP contribution in [-0.2, 0) is 22.4 Å². The Bertz CT molecular complexity index is 633. The highest BCUT2D eigenvalue weighted by atomic mass is 35.5. The van der Waals surface area contributed by atoms with Crippen molar-refractivity contribution in [3.05, 3.63) is 28.3 Å². The molecule has 6 heteroatoms. The third-order valence-corrected chi connectivity index (χ3v) is 4.99. The molecule has 0 bridgehead atoms. The average Bonchev–Trinajstić information content (AvgIpc) is 2.62. The third-order valence-electron chi connectivity index (χ3n) is 4.64. The summed E-state index contributed by atoms with van der Waals surface area (Å²) in [6, 6.07) is 3.65. The normalized spacial score (nSPS) is 17.3. The number of ether oxygens (including phenoxy) is 1. The van der Waals surface area contributed by atoms with Gasteiger partial charge in [-0.2, -0.15) is 0 Å². The van der Waals surface area contributed by atoms with Gasteiger partial charge in [-0.1, -0.05) is 31.5 Å². The van der Waals surface area contributed by atoms with E-state index in [1.807, 2.05) is 19.1 Å². The Kier molecular flexibility index (Phi) is 7.12. The van der Waals surface area contributed by atoms with E-state index < -0.39 is 0 Å². The maximum atomic E-state index is 12.8. The number of carbonyl (C=O) groups excluding carboxylic acids is 2. The van der Waals surface area contributed by atoms with Gasteiger partial charge < -0.3 is 15.0 Å². The number of urea groups is 1. The lowest BCUT2D eigenvalue weighted by molar-refractivity contribution is -0.149. The van der Waals surface area contributed by atoms with Gasteiger partial charge in [-0.05, 0) is 49.8 Å². The summed E-state index contributed by atoms with van der Waals surface area (Å²) >= 11 is 6.30. The number of halogens is 1. The topological polar surface area (TPSA) is 58.6 Å². The van der Waals surface area contributed by atoms with Crippen LogP contribution in [0.5, 0.6) is 0 Å². The second-order valence-corrected chi connectivity index (χ2v) is 6.64. The van der Waals surface area contributed by atoms with Crippen molar-refractivity contribution in [1.82, 2.24) is 4.90 Å². The average molecular weight is 367 g/mol. The molecule has 1 heterocycles. The van der Waals surface area contributed by atoms with Crippen LogP contribution in [-0.4, -0.2) is 36.6 Å². The summed E-state index contributed by atoms with van der Waals surface area (Å²) in [6.07, 6.45) is 3.12. The van der Waals surface area contributed by atoms with E-state index in [9.17, 15) is 9.59 Å². The van der Waals surface area contributed by atoms with Crippen molar-refractivity contribution < 1.29 is 14.3 Å². The monoisotopic (exact) mass is 366 g/mol. The van der Waals surface area contributed by atoms with Crippen LogP contribution in [0.25, 0.3) is 0 Å². The van der Waals surface area contributed by atoms with Gasteiger partial charge >= 0.3 is 12.0 Å². The zero-order valence-electron chi connectivity index (χ0n) is 15.2. The van der Waals surface area contributed by atoms with Crippen LogP contribution in [0.3, 0.4) is 0 Å². The van der Waals surface area contributed by atoms with Gasteiger partial charge in [0.1, 0.15) is 0 Å². The van der Waals surface area contributed by atoms with Gasteiger partial charge in [0.15, 0.2) is 0 Å². The summed E-state index contributed by atoms with van der Waals surface area (Å²) in [5.74, 6) is -0.457. The van der Waals surface area contributed by atoms with Gasteiger partial charge in [-0.3, -0.25) is 4.79 Å². The van der Waals surface area contributed by atoms with Gasteiger partial charge in [-0.15, -0.1) is 0 Å². The van der Waals surface area contributed by atoms with Crippen LogP contribution < -0.4 is 5.32 Å². The largest absolute Gasteiger partial charge is 0.466 e. The molecule has 0 aromatic heterocycles. The van der Waals surface area contributed by atoms with Crippen LogP contribution in [0.4, 0.5) is 10.5 Å². The van der Waals surface area contributed by atoms with Crippen molar-refractivity contribution in [2.24, 2.45) is 5.92 Å². The molecule has 2 rings (SSSR count). The molecule has 1 aliphatic rings. The maximum absolute atomic E-state index is 12.8. The molecule has 25 heavy (non-hydrogen) atoms. The maximum Gasteiger partial charge on any atom is 0.321 e. The highest BCUT2D eigenvalue weighted by molar-refractivity contribution is 6.32. The molecule has 1 atom stereocenters. The first-order valence-corrected chi connectivity index (χ1v) is 9.42. The van der Waals surface area contributed by atoms with Gasteiger partial charge in [0, 0.05) is 18.1 Å². The molecule has 1 N–H and O–H groups in total. The van der Waals surface area contributed by atoms with E-state index in [0.29, 0.717) is 24.7 Å². The minimum absolute atomic E-state index is 0.180. The number of esters is 1. The first kappa shape index (κ1) is 19.6. The van der Waals surface area contributed by atoms with Gasteiger partial charge in [-0.25, -0.2) is 4.79 Å². The van der Waals surface area contributed by atoms with Crippen molar-refractivity contribution in [3.8, 4) is 0 Å². The van der Waals surface area contributed by atoms with Crippen molar-refractivity contribution in [2.75, 3.05) is 25.0 Å². The number of hydrogen-bond acceptors (Lipinski definition) is 3. The SMILES string of the molecule is CCOC(=O)C1CCCN(C(=O)Nc2c(CC)ccc(Cl)c2CC)C1. The second-order valence-electron chi connectivity index (χ2n) is 6.23. The van der Waals surface area contributed by atoms with E-state index in [4.69, 9.17) is 16.3 Å². The second kappa shape index (κ2) is 9.09. The molecular weight excluding hydrogens is 340 g/mol. The number of aryl methyl sites for hydroxylation is 1. The number of likely N-dealkylation sites (tertiary alicyclic amines) is 1. The molecule has 1 aromatic rings. The summed E-state index contributed by atoms with van der Waals surface area (Å²) in [5.41, 5.74) is 2.82. The van der Waals surface area contributed by atoms with Crippen LogP contribution >= 0.6 is 11.6 Å². The number of amides is 2. The number of nitrogens with zero attached hydrogens (tertiary/aromatic N) is 1. The number of hydrogen-bond donors (Lipinski definition) is 1. The van der Waals surface area contributed by atoms with Crippen molar-refractivity contribution in [1.29, 1.82) is 0 Å². The lowest BCUT2D eigenvalue weighted by Crippen LogP contribution is -2.45. The number of piperidine rings is 1. The van der Waals surface area contributed by atoms with Gasteiger partial charge in [0.05, 0.1) is 18.2 Å². The molecule has 0 aliphatic carbocycles. The summed E-state index contributed by atoms with van der Waals surface area (Å²) in [6.45, 7) is 7.27. The fourth-order valence-electron chi connectivity index (χ4n) is 3.27. The number of anilines is 1. The Hall–Kier alpha value is -1.75. The van der Waals surface area contributed by atoms with E-state index in [0.717, 1.165) is 42.5 Å². The van der Waals surface area contributed by atoms with Crippen LogP contribution in [0.2, 0.25) is 5.02 Å². The number of carbonyl (C=O) groups is 2. The summed E-state index contributed by atoms with van der Waals surface area (Å²) in [7, 11) is 0. The number of nitrogens with one attached hydrogen (secondary N) is 1. The zero-order valence-corrected chi connectivity index (χ0v) is 16.0. The molecule has 2 amide bonds. The Morgan fingerprint density at radius 1 is 1.28 bits per heavy atom. The highest BCUT2D eigenvalue weighted by Crippen LogP contribution is 2.30. The van der Waals surface area contributed by atoms with Crippen LogP contribution in [0, 0.1) is 5.92 Å². The molecule has 0 radical (unpaired) electrons. The molecule has 1 unspecified atom stereocenters. The van der Waals surface area contributed by atoms with E-state index in [-0.39, 0.29) is 17.9 Å². The van der Waals surface area contributed by atoms with Crippen LogP contribution in [0.15, 0.2) is 12.1 Å². The fourth-order valence-corrected chi connectivity index (χ4v) is 3.56. The highest BCUT2D eigenvalue weighted by Gasteiger charge is 2.29. The molecular formula is C19H27ClN2O3. The Morgan fingerprint density at radius 2 is 2.04 bits per heavy atom. The van der Waals surface area contributed by atoms with E-state index in [1.165, 1.54) is 0 Å². The molecule has 0 spiro atoms. The molecule has 1 aliphatic heterocycles. The lowest BCUT2D eigenvalue weighted by Gasteiger charge is -2.32. The molecule has 1 fully saturated rings. The Labute approximate surface area is 154 Å². The van der Waals surface area contributed by atoms with Gasteiger partial charge in [0.25, 0.3) is 0 Å². The Balaban J connectivity index is 2.14. The first-order chi connectivity index (χ1) is 12.0. The van der Waals surface area contributed by atoms with E-state index >= 15 is 0 Å². The summed E-state index contributed by atoms with van der Waals surface area (Å²) in [5, 5.41) is 3.70. The minimum atomic E-state index is -0.241. The predicted octanol–water partition coefficient (Wildman–Crippen LogP) is 4.27. The zero-order chi connectivity index (χ0) is 18.4. The molecule has 1 saturated heterocycles. The van der Waals surface area contributed by atoms with Crippen molar-refractivity contribution in [3.63, 3.8) is 0 Å². The first-order valence-electron chi connectivity index (χ1n) is 9.04. The standard InChI is InChI=1S/C19H27ClN2O3/c1-4-13-9-10-16(20)15(5-2)17(13)21-19(24)22-11-7-8-14(12-22)18(23)25-6-3/h9-10,14H,4-8,11-12H2,1-3H3,(H,21,24). The quantitative estimate of drug-likeness (QED) is 0.791. The Morgan fingerprint density at radius 3 is 2.68 bits per heavy atom. The van der Waals surface area contributed by atoms with Crippen LogP contribution in [0.1, 0.15) is 44.7 Å². The summed E-state index contributed by atoms with van der Waals surface area (Å²) < 4.78 is 5.10. The number of rotatable bonds is 5. The summed E-state index contributed by atoms with van der Waals surface area (Å²) in [4.78, 5) is 26.4. The molecule has 1 aromatic carbocycles.